The molecule has 18 atom stereocenters. The van der Waals surface area contributed by atoms with Gasteiger partial charge in [-0.05, 0) is 169 Å². The van der Waals surface area contributed by atoms with Crippen LogP contribution < -0.4 is 18.9 Å². The standard InChI is InChI=1S/C22H29NO4.C22H27NO4.C21H27NO4.C21H25NO4/c2*1-26-12-15-5-4-14-10-17-22(25)7-6-16(24)20-21(22,18(14)19(15)27-20)8-9-23(17)11-13-2-3-13;2*1-3-9-22-10-8-20-17-13-4-5-14(12-25-2)18(17)26-19(20)15(23)6-7-21(20,24)16(22)11-13/h4-5,13,16-17,20,24-25H,2-3,6-12H2,1H3;4-5,13,17,20,25H,2-3,6-12H2,1H3;3-5,15-16,19,23-24H,1,6-12H2,2H3;3-5,16,19,24H,1,6-12H2,2H3/t16-,17+,20-,21-,22+;17-,20+,21+,22-;15-,16+,19-,20-,21+;16-,19+,20+,21-/m0101/s1. The van der Waals surface area contributed by atoms with Gasteiger partial charge in [-0.3, -0.25) is 29.2 Å². The molecule has 0 unspecified atom stereocenters. The van der Waals surface area contributed by atoms with Gasteiger partial charge in [0.25, 0.3) is 0 Å². The molecule has 8 bridgehead atoms. The molecule has 20 heteroatoms. The largest absolute Gasteiger partial charge is 0.486 e. The quantitative estimate of drug-likeness (QED) is 0.0619. The first-order chi connectivity index (χ1) is 51.3. The van der Waals surface area contributed by atoms with E-state index >= 15 is 0 Å². The molecule has 0 aromatic heterocycles. The number of carbonyl (C=O) groups excluding carboxylic acids is 2. The SMILES string of the molecule is C=CCN1CC[C@]23c4c5ccc(COC)c4O[C@H]2C(=O)CC[C@@]3(O)[C@H]1C5.C=CCN1CC[C@]23c4c5ccc(COC)c4O[C@H]2[C@@H](O)CC[C@@]3(O)[C@H]1C5.COCc1ccc2c3c1O[C@H]1C(=O)CC[C@@]4(O)[C@@H](C2)N(CC2CC2)CC[C@]314.COCc1ccc2c3c1O[C@H]1[C@@H](O)CC[C@@]4(O)[C@@H](C2)N(CC2CC2)CC[C@]314. The third-order valence-corrected chi connectivity index (χ3v) is 30.5. The number of ether oxygens (including phenoxy) is 8. The number of carbonyl (C=O) groups is 2. The van der Waals surface area contributed by atoms with Crippen LogP contribution in [0.5, 0.6) is 23.0 Å². The number of benzene rings is 4. The second-order valence-electron chi connectivity index (χ2n) is 35.2. The first-order valence-corrected chi connectivity index (χ1v) is 40.0. The van der Waals surface area contributed by atoms with Crippen LogP contribution in [0, 0.1) is 11.8 Å². The van der Waals surface area contributed by atoms with Crippen LogP contribution in [-0.4, -0.2) is 226 Å². The van der Waals surface area contributed by atoms with E-state index in [9.17, 15) is 40.2 Å². The van der Waals surface area contributed by atoms with Crippen LogP contribution in [0.2, 0.25) is 0 Å². The van der Waals surface area contributed by atoms with Gasteiger partial charge < -0.3 is 68.5 Å². The maximum atomic E-state index is 12.9. The van der Waals surface area contributed by atoms with Gasteiger partial charge in [-0.1, -0.05) is 60.7 Å². The maximum Gasteiger partial charge on any atom is 0.174 e. The molecule has 4 spiro atoms. The molecule has 8 aliphatic heterocycles. The topological polar surface area (TPSA) is 242 Å². The molecule has 10 aliphatic carbocycles. The molecule has 20 nitrogen and oxygen atoms in total. The Labute approximate surface area is 622 Å². The number of Topliss-reactive ketones (excluding diaryl/α,β-unsaturated/α-hetero) is 2. The molecular formula is C86H108N4O16. The zero-order chi connectivity index (χ0) is 73.0. The van der Waals surface area contributed by atoms with Crippen molar-refractivity contribution < 1.29 is 78.1 Å². The minimum Gasteiger partial charge on any atom is -0.486 e. The summed E-state index contributed by atoms with van der Waals surface area (Å²) in [5, 5.41) is 70.1. The van der Waals surface area contributed by atoms with Gasteiger partial charge >= 0.3 is 0 Å². The van der Waals surface area contributed by atoms with Crippen LogP contribution in [0.15, 0.2) is 73.8 Å². The van der Waals surface area contributed by atoms with E-state index in [1.54, 1.807) is 28.4 Å². The molecule has 18 aliphatic rings. The highest BCUT2D eigenvalue weighted by Gasteiger charge is 2.78. The van der Waals surface area contributed by atoms with E-state index in [0.29, 0.717) is 77.8 Å². The fraction of sp³-hybridized carbons (Fsp3) is 0.651. The van der Waals surface area contributed by atoms with Crippen molar-refractivity contribution in [1.82, 2.24) is 19.6 Å². The molecule has 106 heavy (non-hydrogen) atoms. The van der Waals surface area contributed by atoms with Crippen LogP contribution >= 0.6 is 0 Å². The Morgan fingerprint density at radius 2 is 0.717 bits per heavy atom. The molecule has 0 radical (unpaired) electrons. The van der Waals surface area contributed by atoms with Gasteiger partial charge in [0.15, 0.2) is 23.8 Å². The highest BCUT2D eigenvalue weighted by molar-refractivity contribution is 5.91. The van der Waals surface area contributed by atoms with E-state index in [2.05, 4.69) is 75.2 Å². The normalized spacial score (nSPS) is 39.6. The molecule has 8 heterocycles. The summed E-state index contributed by atoms with van der Waals surface area (Å²) in [7, 11) is 6.73. The molecule has 6 N–H and O–H groups in total. The van der Waals surface area contributed by atoms with Crippen LogP contribution in [0.4, 0.5) is 0 Å². The summed E-state index contributed by atoms with van der Waals surface area (Å²) in [4.78, 5) is 35.5. The fourth-order valence-corrected chi connectivity index (χ4v) is 25.9. The summed E-state index contributed by atoms with van der Waals surface area (Å²) in [5.41, 5.74) is 7.92. The molecule has 0 amide bonds. The Morgan fingerprint density at radius 3 is 1.05 bits per heavy atom. The molecule has 4 saturated heterocycles. The number of aliphatic hydroxyl groups is 6. The average Bonchev–Trinajstić information content (AvgIpc) is 1.45. The average molecular weight is 1450 g/mol. The number of hydrogen-bond acceptors (Lipinski definition) is 20. The molecular weight excluding hydrogens is 1340 g/mol. The van der Waals surface area contributed by atoms with E-state index < -0.39 is 68.5 Å². The number of methoxy groups -OCH3 is 4. The molecule has 10 fully saturated rings. The van der Waals surface area contributed by atoms with Gasteiger partial charge in [0.2, 0.25) is 0 Å². The third-order valence-electron chi connectivity index (χ3n) is 30.5. The van der Waals surface area contributed by atoms with Crippen molar-refractivity contribution in [1.29, 1.82) is 0 Å². The van der Waals surface area contributed by atoms with E-state index in [4.69, 9.17) is 37.9 Å². The lowest BCUT2D eigenvalue weighted by atomic mass is 9.48. The lowest BCUT2D eigenvalue weighted by Crippen LogP contribution is -2.77. The molecule has 22 rings (SSSR count). The first kappa shape index (κ1) is 70.7. The van der Waals surface area contributed by atoms with Gasteiger partial charge in [0, 0.05) is 143 Å². The first-order valence-electron chi connectivity index (χ1n) is 40.0. The van der Waals surface area contributed by atoms with Gasteiger partial charge in [0.1, 0.15) is 35.2 Å². The Morgan fingerprint density at radius 1 is 0.415 bits per heavy atom. The zero-order valence-corrected chi connectivity index (χ0v) is 62.3. The van der Waals surface area contributed by atoms with Gasteiger partial charge in [-0.15, -0.1) is 13.2 Å². The van der Waals surface area contributed by atoms with E-state index in [-0.39, 0.29) is 47.9 Å². The molecule has 568 valence electrons. The van der Waals surface area contributed by atoms with Crippen molar-refractivity contribution in [3.8, 4) is 23.0 Å². The lowest BCUT2D eigenvalue weighted by Gasteiger charge is -2.63. The van der Waals surface area contributed by atoms with E-state index in [1.807, 2.05) is 18.2 Å². The predicted molar refractivity (Wildman–Crippen MR) is 392 cm³/mol. The number of likely N-dealkylation sites (tertiary alicyclic amines) is 4. The zero-order valence-electron chi connectivity index (χ0n) is 62.3. The summed E-state index contributed by atoms with van der Waals surface area (Å²) in [6.45, 7) is 17.1. The fourth-order valence-electron chi connectivity index (χ4n) is 25.9. The summed E-state index contributed by atoms with van der Waals surface area (Å²) in [6, 6.07) is 17.3. The summed E-state index contributed by atoms with van der Waals surface area (Å²) >= 11 is 0. The monoisotopic (exact) mass is 1450 g/mol. The number of hydrogen-bond donors (Lipinski definition) is 6. The summed E-state index contributed by atoms with van der Waals surface area (Å²) in [6.07, 6.45) is 17.1. The number of rotatable bonds is 16. The lowest BCUT2D eigenvalue weighted by molar-refractivity contribution is -0.208. The second kappa shape index (κ2) is 25.4. The summed E-state index contributed by atoms with van der Waals surface area (Å²) < 4.78 is 47.0. The second-order valence-corrected chi connectivity index (χ2v) is 35.2. The van der Waals surface area contributed by atoms with Crippen molar-refractivity contribution in [3.63, 3.8) is 0 Å². The Balaban J connectivity index is 0.0000000967. The number of piperidine rings is 4. The highest BCUT2D eigenvalue weighted by atomic mass is 16.5. The van der Waals surface area contributed by atoms with Crippen LogP contribution in [0.25, 0.3) is 0 Å². The smallest absolute Gasteiger partial charge is 0.174 e. The minimum absolute atomic E-state index is 0.000162. The van der Waals surface area contributed by atoms with E-state index in [1.165, 1.54) is 53.5 Å². The van der Waals surface area contributed by atoms with Crippen molar-refractivity contribution in [2.75, 3.05) is 80.8 Å². The number of nitrogens with zero attached hydrogens (tertiary/aromatic N) is 4. The van der Waals surface area contributed by atoms with Gasteiger partial charge in [0.05, 0.1) is 82.7 Å². The van der Waals surface area contributed by atoms with Gasteiger partial charge in [-0.25, -0.2) is 0 Å². The Kier molecular flexibility index (Phi) is 17.0. The van der Waals surface area contributed by atoms with Gasteiger partial charge in [-0.2, -0.15) is 0 Å². The van der Waals surface area contributed by atoms with Crippen molar-refractivity contribution in [2.45, 2.75) is 260 Å². The Bertz CT molecular complexity index is 4260. The number of aliphatic hydroxyl groups excluding tert-OH is 2. The van der Waals surface area contributed by atoms with Crippen LogP contribution in [0.1, 0.15) is 169 Å². The molecule has 4 aromatic rings. The minimum atomic E-state index is -0.934. The molecule has 6 saturated carbocycles. The van der Waals surface area contributed by atoms with E-state index in [0.717, 1.165) is 178 Å². The van der Waals surface area contributed by atoms with Crippen molar-refractivity contribution >= 4 is 11.6 Å². The third kappa shape index (κ3) is 9.43. The number of ketones is 2. The highest BCUT2D eigenvalue weighted by Crippen LogP contribution is 2.70. The maximum absolute atomic E-state index is 12.9. The van der Waals surface area contributed by atoms with Crippen LogP contribution in [0.3, 0.4) is 0 Å². The predicted octanol–water partition coefficient (Wildman–Crippen LogP) is 7.00. The van der Waals surface area contributed by atoms with Crippen molar-refractivity contribution in [3.05, 3.63) is 141 Å². The summed E-state index contributed by atoms with van der Waals surface area (Å²) in [5.74, 6) is 5.23. The van der Waals surface area contributed by atoms with Crippen LogP contribution in [-0.2, 0) is 102 Å². The Hall–Kier alpha value is -5.66. The van der Waals surface area contributed by atoms with Crippen molar-refractivity contribution in [2.24, 2.45) is 11.8 Å². The molecule has 4 aromatic carbocycles.